The van der Waals surface area contributed by atoms with Crippen LogP contribution < -0.4 is 23.4 Å². The van der Waals surface area contributed by atoms with E-state index in [0.717, 1.165) is 16.5 Å². The molecule has 3 aliphatic heterocycles. The minimum absolute atomic E-state index is 0.0558. The van der Waals surface area contributed by atoms with E-state index in [-0.39, 0.29) is 28.3 Å². The molecule has 7 rings (SSSR count). The predicted octanol–water partition coefficient (Wildman–Crippen LogP) is 4.56. The number of para-hydroxylation sites is 1. The van der Waals surface area contributed by atoms with Crippen LogP contribution in [0.1, 0.15) is 11.1 Å². The molecule has 4 aromatic rings. The average molecular weight is 647 g/mol. The Morgan fingerprint density at radius 1 is 0.844 bits per heavy atom. The highest BCUT2D eigenvalue weighted by molar-refractivity contribution is 7.93. The molecule has 1 unspecified atom stereocenters. The first-order valence-corrected chi connectivity index (χ1v) is 16.2. The van der Waals surface area contributed by atoms with Crippen molar-refractivity contribution in [3.63, 3.8) is 0 Å². The lowest BCUT2D eigenvalue weighted by Crippen LogP contribution is -2.67. The molecular formula is C33H31ClN4O6S. The Hall–Kier alpha value is -4.32. The minimum atomic E-state index is -4.50. The topological polar surface area (TPSA) is 102 Å². The Morgan fingerprint density at radius 3 is 2.33 bits per heavy atom. The Balaban J connectivity index is 1.43. The number of pyridine rings is 1. The van der Waals surface area contributed by atoms with Gasteiger partial charge in [0.25, 0.3) is 15.9 Å². The zero-order valence-electron chi connectivity index (χ0n) is 24.9. The number of hydrogen-bond acceptors (Lipinski definition) is 9. The molecule has 0 aliphatic carbocycles. The smallest absolute Gasteiger partial charge is 0.274 e. The molecule has 12 heteroatoms. The Morgan fingerprint density at radius 2 is 1.60 bits per heavy atom. The Bertz CT molecular complexity index is 1910. The molecule has 0 saturated carbocycles. The van der Waals surface area contributed by atoms with Gasteiger partial charge >= 0.3 is 0 Å². The summed E-state index contributed by atoms with van der Waals surface area (Å²) < 4.78 is 46.8. The number of likely N-dealkylation sites (tertiary alicyclic amines) is 1. The molecular weight excluding hydrogens is 616 g/mol. The van der Waals surface area contributed by atoms with Crippen molar-refractivity contribution in [2.45, 2.75) is 16.5 Å². The van der Waals surface area contributed by atoms with Crippen molar-refractivity contribution < 1.29 is 27.4 Å². The first-order valence-electron chi connectivity index (χ1n) is 14.4. The number of carbonyl (C=O) groups excluding carboxylic acids is 1. The van der Waals surface area contributed by atoms with Crippen LogP contribution in [0.25, 0.3) is 0 Å². The van der Waals surface area contributed by atoms with Gasteiger partial charge in [-0.1, -0.05) is 29.8 Å². The van der Waals surface area contributed by atoms with Gasteiger partial charge in [-0.3, -0.25) is 14.7 Å². The normalized spacial score (nSPS) is 22.5. The number of benzene rings is 3. The second-order valence-electron chi connectivity index (χ2n) is 11.3. The second-order valence-corrected chi connectivity index (χ2v) is 13.4. The van der Waals surface area contributed by atoms with Crippen LogP contribution in [0.15, 0.2) is 90.1 Å². The SMILES string of the molecule is COc1ccc(S(=O)(=O)N2C(=O)C(c3ccccc3OC)(N3C[C@@H]4CN(c5ccncc5)C[C@H]43)c3cc(Cl)ccc32)c(OC)c1. The molecule has 0 radical (unpaired) electrons. The molecule has 0 bridgehead atoms. The summed E-state index contributed by atoms with van der Waals surface area (Å²) in [5.41, 5.74) is 0.737. The first kappa shape index (κ1) is 29.4. The lowest BCUT2D eigenvalue weighted by molar-refractivity contribution is -0.134. The lowest BCUT2D eigenvalue weighted by Gasteiger charge is -2.53. The molecule has 3 aliphatic rings. The number of fused-ring (bicyclic) bond motifs is 2. The third-order valence-electron chi connectivity index (χ3n) is 9.14. The minimum Gasteiger partial charge on any atom is -0.497 e. The summed E-state index contributed by atoms with van der Waals surface area (Å²) in [6.07, 6.45) is 3.52. The maximum Gasteiger partial charge on any atom is 0.274 e. The van der Waals surface area contributed by atoms with Crippen LogP contribution in [-0.4, -0.2) is 71.2 Å². The summed E-state index contributed by atoms with van der Waals surface area (Å²) in [6, 6.07) is 20.4. The van der Waals surface area contributed by atoms with Crippen LogP contribution in [0.5, 0.6) is 17.2 Å². The monoisotopic (exact) mass is 646 g/mol. The zero-order valence-corrected chi connectivity index (χ0v) is 26.5. The molecule has 10 nitrogen and oxygen atoms in total. The molecule has 4 heterocycles. The van der Waals surface area contributed by atoms with Crippen molar-refractivity contribution in [2.24, 2.45) is 5.92 Å². The van der Waals surface area contributed by atoms with Gasteiger partial charge in [0.05, 0.1) is 27.0 Å². The quantitative estimate of drug-likeness (QED) is 0.273. The molecule has 1 amide bonds. The van der Waals surface area contributed by atoms with E-state index in [1.54, 1.807) is 43.8 Å². The van der Waals surface area contributed by atoms with E-state index >= 15 is 4.79 Å². The molecule has 3 atom stereocenters. The van der Waals surface area contributed by atoms with Gasteiger partial charge in [0.2, 0.25) is 0 Å². The molecule has 0 N–H and O–H groups in total. The van der Waals surface area contributed by atoms with E-state index in [1.165, 1.54) is 32.4 Å². The summed E-state index contributed by atoms with van der Waals surface area (Å²) >= 11 is 6.62. The van der Waals surface area contributed by atoms with Crippen LogP contribution in [-0.2, 0) is 20.4 Å². The van der Waals surface area contributed by atoms with Crippen LogP contribution in [0.4, 0.5) is 11.4 Å². The van der Waals surface area contributed by atoms with Crippen molar-refractivity contribution in [2.75, 3.05) is 50.2 Å². The fourth-order valence-electron chi connectivity index (χ4n) is 7.10. The number of methoxy groups -OCH3 is 3. The van der Waals surface area contributed by atoms with Crippen molar-refractivity contribution in [1.29, 1.82) is 0 Å². The van der Waals surface area contributed by atoms with Gasteiger partial charge in [-0.25, -0.2) is 12.7 Å². The van der Waals surface area contributed by atoms with E-state index < -0.39 is 21.5 Å². The van der Waals surface area contributed by atoms with Crippen LogP contribution >= 0.6 is 11.6 Å². The lowest BCUT2D eigenvalue weighted by atomic mass is 9.75. The first-order chi connectivity index (χ1) is 21.7. The van der Waals surface area contributed by atoms with Crippen molar-refractivity contribution in [3.05, 3.63) is 101 Å². The Labute approximate surface area is 266 Å². The fourth-order valence-corrected chi connectivity index (χ4v) is 8.87. The van der Waals surface area contributed by atoms with Gasteiger partial charge in [0.15, 0.2) is 5.54 Å². The molecule has 2 saturated heterocycles. The maximum absolute atomic E-state index is 15.3. The average Bonchev–Trinajstić information content (AvgIpc) is 3.52. The summed E-state index contributed by atoms with van der Waals surface area (Å²) in [5, 5.41) is 0.379. The molecule has 2 fully saturated rings. The van der Waals surface area contributed by atoms with Gasteiger partial charge in [-0.15, -0.1) is 0 Å². The summed E-state index contributed by atoms with van der Waals surface area (Å²) in [5.74, 6) is 0.557. The molecule has 0 spiro atoms. The van der Waals surface area contributed by atoms with Gasteiger partial charge in [-0.05, 0) is 48.5 Å². The van der Waals surface area contributed by atoms with Crippen molar-refractivity contribution in [1.82, 2.24) is 9.88 Å². The summed E-state index contributed by atoms with van der Waals surface area (Å²) in [4.78, 5) is 23.7. The van der Waals surface area contributed by atoms with E-state index in [4.69, 9.17) is 25.8 Å². The predicted molar refractivity (Wildman–Crippen MR) is 170 cm³/mol. The number of nitrogens with zero attached hydrogens (tertiary/aromatic N) is 4. The highest BCUT2D eigenvalue weighted by atomic mass is 35.5. The van der Waals surface area contributed by atoms with E-state index in [9.17, 15) is 8.42 Å². The fraction of sp³-hybridized carbons (Fsp3) is 0.273. The second kappa shape index (κ2) is 10.9. The third-order valence-corrected chi connectivity index (χ3v) is 11.1. The molecule has 45 heavy (non-hydrogen) atoms. The van der Waals surface area contributed by atoms with E-state index in [0.29, 0.717) is 40.7 Å². The maximum atomic E-state index is 15.3. The summed E-state index contributed by atoms with van der Waals surface area (Å²) in [7, 11) is -0.0997. The number of hydrogen-bond donors (Lipinski definition) is 0. The zero-order chi connectivity index (χ0) is 31.5. The standard InChI is InChI=1S/C33H31ClN4O6S/c1-42-24-9-11-31(30(17-24)44-3)45(40,41)38-27-10-8-22(34)16-26(27)33(32(38)39,25-6-4-5-7-29(25)43-2)37-19-21-18-36(20-28(21)37)23-12-14-35-15-13-23/h4-17,21,28H,18-20H2,1-3H3/t21-,28+,33?/m0/s1. The Kier molecular flexibility index (Phi) is 7.14. The highest BCUT2D eigenvalue weighted by Gasteiger charge is 2.66. The third kappa shape index (κ3) is 4.28. The molecule has 232 valence electrons. The largest absolute Gasteiger partial charge is 0.497 e. The van der Waals surface area contributed by atoms with Crippen LogP contribution in [0.2, 0.25) is 5.02 Å². The molecule has 3 aromatic carbocycles. The molecule has 1 aromatic heterocycles. The summed E-state index contributed by atoms with van der Waals surface area (Å²) in [6.45, 7) is 2.00. The number of ether oxygens (including phenoxy) is 3. The van der Waals surface area contributed by atoms with E-state index in [2.05, 4.69) is 14.8 Å². The number of aromatic nitrogens is 1. The number of carbonyl (C=O) groups is 1. The highest BCUT2D eigenvalue weighted by Crippen LogP contribution is 2.57. The van der Waals surface area contributed by atoms with Gasteiger partial charge in [0, 0.05) is 71.9 Å². The number of halogens is 1. The van der Waals surface area contributed by atoms with Crippen LogP contribution in [0, 0.1) is 5.92 Å². The van der Waals surface area contributed by atoms with Crippen molar-refractivity contribution >= 4 is 38.9 Å². The van der Waals surface area contributed by atoms with E-state index in [1.807, 2.05) is 30.3 Å². The van der Waals surface area contributed by atoms with Crippen molar-refractivity contribution in [3.8, 4) is 17.2 Å². The van der Waals surface area contributed by atoms with Gasteiger partial charge in [0.1, 0.15) is 22.1 Å². The van der Waals surface area contributed by atoms with Gasteiger partial charge < -0.3 is 19.1 Å². The number of amides is 1. The van der Waals surface area contributed by atoms with Gasteiger partial charge in [-0.2, -0.15) is 0 Å². The number of sulfonamides is 1. The number of anilines is 2. The van der Waals surface area contributed by atoms with Crippen LogP contribution in [0.3, 0.4) is 0 Å². The number of rotatable bonds is 8.